The van der Waals surface area contributed by atoms with Gasteiger partial charge in [-0.15, -0.1) is 0 Å². The lowest BCUT2D eigenvalue weighted by molar-refractivity contribution is 0.102. The molecule has 110 valence electrons. The summed E-state index contributed by atoms with van der Waals surface area (Å²) in [5.74, 6) is 0.339. The number of hydrogen-bond acceptors (Lipinski definition) is 7. The topological polar surface area (TPSA) is 113 Å². The molecule has 2 aromatic carbocycles. The minimum Gasteiger partial charge on any atom is -0.393 e. The number of para-hydroxylation sites is 1. The molecule has 2 N–H and O–H groups in total. The largest absolute Gasteiger partial charge is 0.540 e. The molecule has 0 spiro atoms. The van der Waals surface area contributed by atoms with E-state index in [1.54, 1.807) is 48.5 Å². The summed E-state index contributed by atoms with van der Waals surface area (Å²) in [5, 5.41) is 10.9. The number of oxime groups is 1. The standard InChI is InChI=1S/C14H10N4O4/c15-13(9-6-7-11-12(8-9)17-22-16-11)18-21-14(19)20-10-4-2-1-3-5-10/h1-8H,(H2,15,18). The van der Waals surface area contributed by atoms with Crippen LogP contribution in [0.25, 0.3) is 11.0 Å². The number of benzene rings is 2. The molecule has 0 aliphatic carbocycles. The van der Waals surface area contributed by atoms with Gasteiger partial charge in [0.15, 0.2) is 5.84 Å². The third-order valence-electron chi connectivity index (χ3n) is 2.71. The minimum atomic E-state index is -0.988. The summed E-state index contributed by atoms with van der Waals surface area (Å²) in [4.78, 5) is 16.1. The van der Waals surface area contributed by atoms with Crippen molar-refractivity contribution in [3.8, 4) is 5.75 Å². The Labute approximate surface area is 124 Å². The molecule has 0 radical (unpaired) electrons. The molecule has 3 aromatic rings. The normalized spacial score (nSPS) is 11.4. The van der Waals surface area contributed by atoms with Gasteiger partial charge in [-0.1, -0.05) is 23.4 Å². The molecule has 0 aliphatic rings. The van der Waals surface area contributed by atoms with Crippen molar-refractivity contribution in [1.29, 1.82) is 0 Å². The fourth-order valence-corrected chi connectivity index (χ4v) is 1.68. The van der Waals surface area contributed by atoms with Gasteiger partial charge in [0.2, 0.25) is 0 Å². The molecule has 0 atom stereocenters. The number of carbonyl (C=O) groups is 1. The van der Waals surface area contributed by atoms with Crippen LogP contribution < -0.4 is 10.5 Å². The highest BCUT2D eigenvalue weighted by Gasteiger charge is 2.08. The predicted molar refractivity (Wildman–Crippen MR) is 76.1 cm³/mol. The number of amidine groups is 1. The third kappa shape index (κ3) is 3.01. The van der Waals surface area contributed by atoms with Gasteiger partial charge in [0, 0.05) is 5.56 Å². The number of fused-ring (bicyclic) bond motifs is 1. The van der Waals surface area contributed by atoms with E-state index < -0.39 is 6.16 Å². The molecule has 0 fully saturated rings. The van der Waals surface area contributed by atoms with Crippen molar-refractivity contribution < 1.29 is 19.0 Å². The number of nitrogens with two attached hydrogens (primary N) is 1. The molecule has 22 heavy (non-hydrogen) atoms. The first kappa shape index (κ1) is 13.6. The molecule has 1 aromatic heterocycles. The molecule has 0 unspecified atom stereocenters. The van der Waals surface area contributed by atoms with Gasteiger partial charge in [0.1, 0.15) is 16.8 Å². The molecule has 8 heteroatoms. The van der Waals surface area contributed by atoms with E-state index in [-0.39, 0.29) is 5.84 Å². The summed E-state index contributed by atoms with van der Waals surface area (Å²) in [6.45, 7) is 0. The Morgan fingerprint density at radius 1 is 1.09 bits per heavy atom. The van der Waals surface area contributed by atoms with Gasteiger partial charge in [-0.2, -0.15) is 0 Å². The smallest absolute Gasteiger partial charge is 0.393 e. The predicted octanol–water partition coefficient (Wildman–Crippen LogP) is 2.06. The minimum absolute atomic E-state index is 0.00471. The maximum Gasteiger partial charge on any atom is 0.540 e. The van der Waals surface area contributed by atoms with Crippen LogP contribution in [0, 0.1) is 0 Å². The highest BCUT2D eigenvalue weighted by molar-refractivity contribution is 5.99. The summed E-state index contributed by atoms with van der Waals surface area (Å²) in [7, 11) is 0. The Balaban J connectivity index is 1.67. The van der Waals surface area contributed by atoms with E-state index in [0.717, 1.165) is 0 Å². The first-order valence-corrected chi connectivity index (χ1v) is 6.22. The Morgan fingerprint density at radius 3 is 2.68 bits per heavy atom. The van der Waals surface area contributed by atoms with E-state index >= 15 is 0 Å². The number of hydrogen-bond donors (Lipinski definition) is 1. The Morgan fingerprint density at radius 2 is 1.86 bits per heavy atom. The number of aromatic nitrogens is 2. The Kier molecular flexibility index (Phi) is 3.65. The number of rotatable bonds is 3. The molecule has 3 rings (SSSR count). The zero-order valence-corrected chi connectivity index (χ0v) is 11.2. The summed E-state index contributed by atoms with van der Waals surface area (Å²) in [6, 6.07) is 13.4. The molecule has 0 bridgehead atoms. The van der Waals surface area contributed by atoms with Gasteiger partial charge >= 0.3 is 6.16 Å². The molecule has 0 amide bonds. The molecular formula is C14H10N4O4. The molecular weight excluding hydrogens is 288 g/mol. The van der Waals surface area contributed by atoms with Crippen molar-refractivity contribution >= 4 is 23.0 Å². The number of ether oxygens (including phenoxy) is 1. The second kappa shape index (κ2) is 5.92. The monoisotopic (exact) mass is 298 g/mol. The van der Waals surface area contributed by atoms with Gasteiger partial charge < -0.3 is 10.5 Å². The van der Waals surface area contributed by atoms with E-state index in [9.17, 15) is 4.79 Å². The molecule has 8 nitrogen and oxygen atoms in total. The van der Waals surface area contributed by atoms with Crippen LogP contribution in [0.1, 0.15) is 5.56 Å². The van der Waals surface area contributed by atoms with E-state index in [4.69, 9.17) is 10.5 Å². The average molecular weight is 298 g/mol. The quantitative estimate of drug-likeness (QED) is 0.196. The molecule has 0 aliphatic heterocycles. The summed E-state index contributed by atoms with van der Waals surface area (Å²) in [5.41, 5.74) is 7.35. The van der Waals surface area contributed by atoms with Crippen LogP contribution in [-0.2, 0) is 4.84 Å². The Hall–Kier alpha value is -3.42. The van der Waals surface area contributed by atoms with Crippen molar-refractivity contribution in [3.63, 3.8) is 0 Å². The summed E-state index contributed by atoms with van der Waals surface area (Å²) in [6.07, 6.45) is -0.988. The first-order valence-electron chi connectivity index (χ1n) is 6.22. The van der Waals surface area contributed by atoms with Crippen molar-refractivity contribution in [3.05, 3.63) is 54.1 Å². The lowest BCUT2D eigenvalue weighted by Gasteiger charge is -2.02. The van der Waals surface area contributed by atoms with Gasteiger partial charge in [-0.3, -0.25) is 4.84 Å². The maximum absolute atomic E-state index is 11.5. The van der Waals surface area contributed by atoms with Gasteiger partial charge in [0.25, 0.3) is 0 Å². The SMILES string of the molecule is N/C(=N\OC(=O)Oc1ccccc1)c1ccc2nonc2c1. The zero-order valence-electron chi connectivity index (χ0n) is 11.2. The second-order valence-electron chi connectivity index (χ2n) is 4.20. The van der Waals surface area contributed by atoms with Crippen LogP contribution in [0.15, 0.2) is 58.3 Å². The Bertz CT molecular complexity index is 829. The van der Waals surface area contributed by atoms with Crippen molar-refractivity contribution in [2.45, 2.75) is 0 Å². The summed E-state index contributed by atoms with van der Waals surface area (Å²) >= 11 is 0. The fraction of sp³-hybridized carbons (Fsp3) is 0. The van der Waals surface area contributed by atoms with Crippen molar-refractivity contribution in [2.75, 3.05) is 0 Å². The fourth-order valence-electron chi connectivity index (χ4n) is 1.68. The number of carbonyl (C=O) groups excluding carboxylic acids is 1. The lowest BCUT2D eigenvalue weighted by Crippen LogP contribution is -2.16. The summed E-state index contributed by atoms with van der Waals surface area (Å²) < 4.78 is 9.48. The first-order chi connectivity index (χ1) is 10.7. The van der Waals surface area contributed by atoms with Crippen molar-refractivity contribution in [1.82, 2.24) is 10.3 Å². The van der Waals surface area contributed by atoms with Crippen molar-refractivity contribution in [2.24, 2.45) is 10.9 Å². The average Bonchev–Trinajstić information content (AvgIpc) is 3.01. The van der Waals surface area contributed by atoms with E-state index in [2.05, 4.69) is 24.9 Å². The molecule has 0 saturated carbocycles. The van der Waals surface area contributed by atoms with Gasteiger partial charge in [-0.05, 0) is 40.6 Å². The number of nitrogens with zero attached hydrogens (tertiary/aromatic N) is 3. The van der Waals surface area contributed by atoms with Crippen LogP contribution in [0.4, 0.5) is 4.79 Å². The zero-order chi connectivity index (χ0) is 15.4. The van der Waals surface area contributed by atoms with E-state index in [0.29, 0.717) is 22.3 Å². The van der Waals surface area contributed by atoms with Gasteiger partial charge in [0.05, 0.1) is 0 Å². The highest BCUT2D eigenvalue weighted by Crippen LogP contribution is 2.12. The second-order valence-corrected chi connectivity index (χ2v) is 4.20. The van der Waals surface area contributed by atoms with Crippen LogP contribution in [0.5, 0.6) is 5.75 Å². The third-order valence-corrected chi connectivity index (χ3v) is 2.71. The highest BCUT2D eigenvalue weighted by atomic mass is 16.8. The lowest BCUT2D eigenvalue weighted by atomic mass is 10.2. The molecule has 0 saturated heterocycles. The maximum atomic E-state index is 11.5. The van der Waals surface area contributed by atoms with E-state index in [1.165, 1.54) is 0 Å². The molecule has 1 heterocycles. The van der Waals surface area contributed by atoms with Gasteiger partial charge in [-0.25, -0.2) is 9.42 Å². The van der Waals surface area contributed by atoms with Crippen LogP contribution in [-0.4, -0.2) is 22.3 Å². The van der Waals surface area contributed by atoms with Crippen LogP contribution in [0.3, 0.4) is 0 Å². The van der Waals surface area contributed by atoms with E-state index in [1.807, 2.05) is 0 Å². The van der Waals surface area contributed by atoms with Crippen LogP contribution >= 0.6 is 0 Å². The van der Waals surface area contributed by atoms with Crippen LogP contribution in [0.2, 0.25) is 0 Å².